The summed E-state index contributed by atoms with van der Waals surface area (Å²) in [6, 6.07) is 0. The largest absolute Gasteiger partial charge is 0.432 e. The highest BCUT2D eigenvalue weighted by atomic mass is 32.3. The van der Waals surface area contributed by atoms with Crippen molar-refractivity contribution in [3.63, 3.8) is 0 Å². The van der Waals surface area contributed by atoms with Crippen LogP contribution >= 0.6 is 0 Å². The van der Waals surface area contributed by atoms with Gasteiger partial charge < -0.3 is 0 Å². The molecule has 64 valence electrons. The minimum atomic E-state index is -4.71. The van der Waals surface area contributed by atoms with Gasteiger partial charge in [0.05, 0.1) is 0 Å². The summed E-state index contributed by atoms with van der Waals surface area (Å²) >= 11 is 0. The van der Waals surface area contributed by atoms with Gasteiger partial charge in [0.2, 0.25) is 0 Å². The second kappa shape index (κ2) is 4.06. The Hall–Kier alpha value is -0.920. The van der Waals surface area contributed by atoms with E-state index in [2.05, 4.69) is 9.22 Å². The van der Waals surface area contributed by atoms with Crippen molar-refractivity contribution in [2.75, 3.05) is 0 Å². The highest BCUT2D eigenvalue weighted by Gasteiger charge is 2.08. The van der Waals surface area contributed by atoms with E-state index >= 15 is 0 Å². The molecule has 0 aliphatic carbocycles. The van der Waals surface area contributed by atoms with Gasteiger partial charge in [0.25, 0.3) is 0 Å². The van der Waals surface area contributed by atoms with Gasteiger partial charge in [-0.2, -0.15) is 8.42 Å². The summed E-state index contributed by atoms with van der Waals surface area (Å²) in [5.74, 6) is -1.02. The average molecular weight is 182 g/mol. The molecule has 6 nitrogen and oxygen atoms in total. The van der Waals surface area contributed by atoms with Crippen LogP contribution in [0.25, 0.3) is 0 Å². The van der Waals surface area contributed by atoms with E-state index in [1.807, 2.05) is 0 Å². The van der Waals surface area contributed by atoms with Crippen LogP contribution < -0.4 is 0 Å². The molecule has 0 saturated heterocycles. The van der Waals surface area contributed by atoms with E-state index in [1.54, 1.807) is 0 Å². The number of rotatable bonds is 3. The molecule has 7 heteroatoms. The van der Waals surface area contributed by atoms with E-state index < -0.39 is 16.4 Å². The summed E-state index contributed by atoms with van der Waals surface area (Å²) in [7, 11) is -4.71. The Bertz CT molecular complexity index is 250. The Kier molecular flexibility index (Phi) is 3.72. The fraction of sp³-hybridized carbons (Fsp3) is 0.250. The van der Waals surface area contributed by atoms with E-state index in [1.165, 1.54) is 13.0 Å². The van der Waals surface area contributed by atoms with Crippen LogP contribution in [0.1, 0.15) is 6.92 Å². The quantitative estimate of drug-likeness (QED) is 0.282. The molecular weight excluding hydrogens is 176 g/mol. The first-order valence-corrected chi connectivity index (χ1v) is 3.82. The molecule has 0 aromatic rings. The molecule has 0 aliphatic rings. The maximum Gasteiger partial charge on any atom is 0.432 e. The zero-order valence-electron chi connectivity index (χ0n) is 5.55. The fourth-order valence-corrected chi connectivity index (χ4v) is 0.393. The Morgan fingerprint density at radius 2 is 2.09 bits per heavy atom. The predicted octanol–water partition coefficient (Wildman–Crippen LogP) is -0.160. The molecule has 0 heterocycles. The summed E-state index contributed by atoms with van der Waals surface area (Å²) < 4.78 is 30.7. The summed E-state index contributed by atoms with van der Waals surface area (Å²) in [5, 5.41) is 0. The van der Waals surface area contributed by atoms with Crippen molar-refractivity contribution < 1.29 is 27.0 Å². The summed E-state index contributed by atoms with van der Waals surface area (Å²) in [6.07, 6.45) is 2.24. The molecule has 0 amide bonds. The van der Waals surface area contributed by atoms with Crippen LogP contribution in [0.3, 0.4) is 0 Å². The van der Waals surface area contributed by atoms with Crippen LogP contribution in [-0.2, 0) is 24.4 Å². The summed E-state index contributed by atoms with van der Waals surface area (Å²) in [5.41, 5.74) is 0. The van der Waals surface area contributed by atoms with Gasteiger partial charge in [0.15, 0.2) is 0 Å². The van der Waals surface area contributed by atoms with Crippen molar-refractivity contribution in [2.24, 2.45) is 0 Å². The van der Waals surface area contributed by atoms with Crippen molar-refractivity contribution in [3.8, 4) is 0 Å². The van der Waals surface area contributed by atoms with Crippen LogP contribution in [0.5, 0.6) is 0 Å². The third kappa shape index (κ3) is 6.97. The molecule has 0 aliphatic heterocycles. The molecule has 0 fully saturated rings. The topological polar surface area (TPSA) is 89.9 Å². The standard InChI is InChI=1S/C4H6O6S/c1-2-3-4(5)9-10-11(6,7)8/h2-3H,1H3,(H,6,7,8). The van der Waals surface area contributed by atoms with Crippen molar-refractivity contribution in [1.29, 1.82) is 0 Å². The van der Waals surface area contributed by atoms with Crippen molar-refractivity contribution in [2.45, 2.75) is 6.92 Å². The minimum absolute atomic E-state index is 0.922. The van der Waals surface area contributed by atoms with Gasteiger partial charge >= 0.3 is 16.4 Å². The SMILES string of the molecule is CC=CC(=O)OOS(=O)(=O)O. The monoisotopic (exact) mass is 182 g/mol. The van der Waals surface area contributed by atoms with Crippen molar-refractivity contribution in [1.82, 2.24) is 0 Å². The molecule has 0 radical (unpaired) electrons. The number of hydrogen-bond acceptors (Lipinski definition) is 5. The Labute approximate surface area is 63.3 Å². The third-order valence-electron chi connectivity index (χ3n) is 0.505. The van der Waals surface area contributed by atoms with Crippen LogP contribution in [0, 0.1) is 0 Å². The van der Waals surface area contributed by atoms with Gasteiger partial charge in [-0.15, -0.1) is 0 Å². The Balaban J connectivity index is 3.82. The van der Waals surface area contributed by atoms with E-state index in [4.69, 9.17) is 4.55 Å². The molecule has 0 aromatic heterocycles. The second-order valence-corrected chi connectivity index (χ2v) is 2.39. The van der Waals surface area contributed by atoms with Crippen LogP contribution in [-0.4, -0.2) is 18.9 Å². The molecule has 0 spiro atoms. The van der Waals surface area contributed by atoms with Gasteiger partial charge in [-0.3, -0.25) is 9.44 Å². The van der Waals surface area contributed by atoms with Gasteiger partial charge in [-0.25, -0.2) is 4.79 Å². The lowest BCUT2D eigenvalue weighted by Gasteiger charge is -1.93. The lowest BCUT2D eigenvalue weighted by Crippen LogP contribution is -2.08. The first-order valence-electron chi connectivity index (χ1n) is 2.46. The molecule has 0 saturated carbocycles. The molecular formula is C4H6O6S. The molecule has 0 aromatic carbocycles. The maximum absolute atomic E-state index is 10.3. The van der Waals surface area contributed by atoms with Gasteiger partial charge in [-0.05, 0) is 11.3 Å². The Morgan fingerprint density at radius 3 is 2.45 bits per heavy atom. The van der Waals surface area contributed by atoms with E-state index in [9.17, 15) is 13.2 Å². The molecule has 0 bridgehead atoms. The minimum Gasteiger partial charge on any atom is -0.275 e. The van der Waals surface area contributed by atoms with Crippen molar-refractivity contribution in [3.05, 3.63) is 12.2 Å². The van der Waals surface area contributed by atoms with Crippen molar-refractivity contribution >= 4 is 16.4 Å². The molecule has 1 N–H and O–H groups in total. The predicted molar refractivity (Wildman–Crippen MR) is 33.5 cm³/mol. The normalized spacial score (nSPS) is 11.8. The zero-order valence-corrected chi connectivity index (χ0v) is 6.37. The zero-order chi connectivity index (χ0) is 8.91. The number of allylic oxidation sites excluding steroid dienone is 1. The number of carbonyl (C=O) groups excluding carboxylic acids is 1. The lowest BCUT2D eigenvalue weighted by atomic mass is 10.5. The average Bonchev–Trinajstić information content (AvgIpc) is 1.83. The maximum atomic E-state index is 10.3. The lowest BCUT2D eigenvalue weighted by molar-refractivity contribution is -0.208. The smallest absolute Gasteiger partial charge is 0.275 e. The van der Waals surface area contributed by atoms with Gasteiger partial charge in [0.1, 0.15) is 0 Å². The third-order valence-corrected chi connectivity index (χ3v) is 0.745. The van der Waals surface area contributed by atoms with Crippen LogP contribution in [0.4, 0.5) is 0 Å². The molecule has 0 unspecified atom stereocenters. The number of carbonyl (C=O) groups is 1. The van der Waals surface area contributed by atoms with Gasteiger partial charge in [0, 0.05) is 6.08 Å². The summed E-state index contributed by atoms with van der Waals surface area (Å²) in [6.45, 7) is 1.52. The van der Waals surface area contributed by atoms with E-state index in [0.29, 0.717) is 0 Å². The van der Waals surface area contributed by atoms with E-state index in [-0.39, 0.29) is 0 Å². The molecule has 11 heavy (non-hydrogen) atoms. The van der Waals surface area contributed by atoms with Gasteiger partial charge in [-0.1, -0.05) is 6.08 Å². The number of hydrogen-bond donors (Lipinski definition) is 1. The Morgan fingerprint density at radius 1 is 1.55 bits per heavy atom. The first-order chi connectivity index (χ1) is 4.95. The van der Waals surface area contributed by atoms with Crippen LogP contribution in [0.2, 0.25) is 0 Å². The highest BCUT2D eigenvalue weighted by Crippen LogP contribution is 1.89. The van der Waals surface area contributed by atoms with Crippen LogP contribution in [0.15, 0.2) is 12.2 Å². The second-order valence-electron chi connectivity index (χ2n) is 1.40. The molecule has 0 rings (SSSR count). The molecule has 0 atom stereocenters. The fourth-order valence-electron chi connectivity index (χ4n) is 0.240. The highest BCUT2D eigenvalue weighted by molar-refractivity contribution is 7.80. The van der Waals surface area contributed by atoms with E-state index in [0.717, 1.165) is 6.08 Å². The first kappa shape index (κ1) is 10.1. The summed E-state index contributed by atoms with van der Waals surface area (Å²) in [4.78, 5) is 13.9.